The van der Waals surface area contributed by atoms with E-state index < -0.39 is 24.5 Å². The molecular weight excluding hydrogens is 192 g/mol. The molecule has 6 heteroatoms. The topological polar surface area (TPSA) is 93.1 Å². The van der Waals surface area contributed by atoms with E-state index in [-0.39, 0.29) is 12.8 Å². The molecule has 0 aromatic rings. The van der Waals surface area contributed by atoms with Gasteiger partial charge in [0.25, 0.3) is 0 Å². The summed E-state index contributed by atoms with van der Waals surface area (Å²) in [5.74, 6) is -1.22. The SMILES string of the molecule is CC(=O)OC(O)CCC(O)OC(C)=O. The number of ether oxygens (including phenoxy) is 2. The second kappa shape index (κ2) is 6.33. The lowest BCUT2D eigenvalue weighted by molar-refractivity contribution is -0.177. The number of carbonyl (C=O) groups is 2. The standard InChI is InChI=1S/C8H14O6/c1-5(9)13-7(11)3-4-8(12)14-6(2)10/h7-8,11-12H,3-4H2,1-2H3. The molecule has 2 unspecified atom stereocenters. The molecule has 2 N–H and O–H groups in total. The molecule has 0 aliphatic carbocycles. The van der Waals surface area contributed by atoms with Crippen molar-refractivity contribution in [3.05, 3.63) is 0 Å². The van der Waals surface area contributed by atoms with E-state index in [2.05, 4.69) is 9.47 Å². The van der Waals surface area contributed by atoms with Crippen LogP contribution in [0.2, 0.25) is 0 Å². The van der Waals surface area contributed by atoms with Gasteiger partial charge in [-0.15, -0.1) is 0 Å². The maximum absolute atomic E-state index is 10.3. The van der Waals surface area contributed by atoms with Crippen molar-refractivity contribution in [3.63, 3.8) is 0 Å². The predicted molar refractivity (Wildman–Crippen MR) is 44.8 cm³/mol. The zero-order valence-corrected chi connectivity index (χ0v) is 8.10. The number of esters is 2. The predicted octanol–water partition coefficient (Wildman–Crippen LogP) is -0.470. The summed E-state index contributed by atoms with van der Waals surface area (Å²) in [6.07, 6.45) is -2.54. The Kier molecular flexibility index (Phi) is 5.82. The second-order valence-electron chi connectivity index (χ2n) is 2.71. The smallest absolute Gasteiger partial charge is 0.304 e. The van der Waals surface area contributed by atoms with Crippen molar-refractivity contribution >= 4 is 11.9 Å². The zero-order chi connectivity index (χ0) is 11.1. The molecule has 14 heavy (non-hydrogen) atoms. The summed E-state index contributed by atoms with van der Waals surface area (Å²) in [5, 5.41) is 18.0. The van der Waals surface area contributed by atoms with Gasteiger partial charge < -0.3 is 19.7 Å². The lowest BCUT2D eigenvalue weighted by atomic mass is 10.3. The first-order chi connectivity index (χ1) is 6.41. The molecule has 0 saturated carbocycles. The minimum atomic E-state index is -1.28. The summed E-state index contributed by atoms with van der Waals surface area (Å²) in [5.41, 5.74) is 0. The van der Waals surface area contributed by atoms with Crippen LogP contribution in [0.25, 0.3) is 0 Å². The van der Waals surface area contributed by atoms with Crippen LogP contribution in [0.3, 0.4) is 0 Å². The third kappa shape index (κ3) is 7.51. The van der Waals surface area contributed by atoms with Gasteiger partial charge in [-0.1, -0.05) is 0 Å². The van der Waals surface area contributed by atoms with Gasteiger partial charge in [0.05, 0.1) is 0 Å². The Morgan fingerprint density at radius 3 is 1.50 bits per heavy atom. The lowest BCUT2D eigenvalue weighted by Gasteiger charge is -2.13. The highest BCUT2D eigenvalue weighted by Gasteiger charge is 2.12. The van der Waals surface area contributed by atoms with Crippen molar-refractivity contribution in [2.24, 2.45) is 0 Å². The van der Waals surface area contributed by atoms with E-state index in [1.807, 2.05) is 0 Å². The molecule has 0 aliphatic rings. The van der Waals surface area contributed by atoms with Crippen LogP contribution in [-0.2, 0) is 19.1 Å². The molecule has 0 radical (unpaired) electrons. The summed E-state index contributed by atoms with van der Waals surface area (Å²) in [7, 11) is 0. The number of aliphatic hydroxyl groups is 2. The summed E-state index contributed by atoms with van der Waals surface area (Å²) in [4.78, 5) is 20.7. The largest absolute Gasteiger partial charge is 0.436 e. The number of hydrogen-bond acceptors (Lipinski definition) is 6. The monoisotopic (exact) mass is 206 g/mol. The first-order valence-electron chi connectivity index (χ1n) is 4.12. The lowest BCUT2D eigenvalue weighted by Crippen LogP contribution is -2.21. The molecular formula is C8H14O6. The second-order valence-corrected chi connectivity index (χ2v) is 2.71. The van der Waals surface area contributed by atoms with Crippen LogP contribution in [0.5, 0.6) is 0 Å². The molecule has 0 spiro atoms. The van der Waals surface area contributed by atoms with Crippen LogP contribution in [0, 0.1) is 0 Å². The minimum Gasteiger partial charge on any atom is -0.436 e. The van der Waals surface area contributed by atoms with E-state index in [9.17, 15) is 9.59 Å². The van der Waals surface area contributed by atoms with Gasteiger partial charge in [-0.2, -0.15) is 0 Å². The average molecular weight is 206 g/mol. The summed E-state index contributed by atoms with van der Waals surface area (Å²) in [6, 6.07) is 0. The normalized spacial score (nSPS) is 14.3. The van der Waals surface area contributed by atoms with Crippen LogP contribution in [-0.4, -0.2) is 34.7 Å². The molecule has 0 aromatic carbocycles. The first kappa shape index (κ1) is 12.9. The summed E-state index contributed by atoms with van der Waals surface area (Å²) >= 11 is 0. The van der Waals surface area contributed by atoms with Crippen LogP contribution in [0.15, 0.2) is 0 Å². The van der Waals surface area contributed by atoms with Crippen molar-refractivity contribution in [2.45, 2.75) is 39.3 Å². The van der Waals surface area contributed by atoms with Crippen molar-refractivity contribution in [3.8, 4) is 0 Å². The fourth-order valence-corrected chi connectivity index (χ4v) is 0.786. The maximum Gasteiger partial charge on any atom is 0.304 e. The van der Waals surface area contributed by atoms with E-state index in [1.165, 1.54) is 0 Å². The van der Waals surface area contributed by atoms with E-state index >= 15 is 0 Å². The molecule has 82 valence electrons. The van der Waals surface area contributed by atoms with Crippen molar-refractivity contribution in [1.29, 1.82) is 0 Å². The molecule has 0 bridgehead atoms. The molecule has 0 aliphatic heterocycles. The Labute approximate surface area is 81.4 Å². The van der Waals surface area contributed by atoms with Crippen molar-refractivity contribution in [1.82, 2.24) is 0 Å². The van der Waals surface area contributed by atoms with E-state index in [1.54, 1.807) is 0 Å². The zero-order valence-electron chi connectivity index (χ0n) is 8.10. The van der Waals surface area contributed by atoms with Crippen LogP contribution < -0.4 is 0 Å². The Balaban J connectivity index is 3.60. The molecule has 0 amide bonds. The molecule has 0 fully saturated rings. The molecule has 6 nitrogen and oxygen atoms in total. The Morgan fingerprint density at radius 1 is 1.00 bits per heavy atom. The Hall–Kier alpha value is -1.14. The third-order valence-electron chi connectivity index (χ3n) is 1.26. The van der Waals surface area contributed by atoms with Crippen LogP contribution in [0.1, 0.15) is 26.7 Å². The van der Waals surface area contributed by atoms with Crippen LogP contribution >= 0.6 is 0 Å². The van der Waals surface area contributed by atoms with Gasteiger partial charge in [0.1, 0.15) is 0 Å². The molecule has 0 saturated heterocycles. The highest BCUT2D eigenvalue weighted by Crippen LogP contribution is 2.04. The van der Waals surface area contributed by atoms with Gasteiger partial charge >= 0.3 is 11.9 Å². The number of hydrogen-bond donors (Lipinski definition) is 2. The average Bonchev–Trinajstić information content (AvgIpc) is 1.98. The highest BCUT2D eigenvalue weighted by molar-refractivity contribution is 5.66. The summed E-state index contributed by atoms with van der Waals surface area (Å²) in [6.45, 7) is 2.32. The van der Waals surface area contributed by atoms with Gasteiger partial charge in [-0.25, -0.2) is 0 Å². The van der Waals surface area contributed by atoms with E-state index in [4.69, 9.17) is 10.2 Å². The van der Waals surface area contributed by atoms with Crippen LogP contribution in [0.4, 0.5) is 0 Å². The third-order valence-corrected chi connectivity index (χ3v) is 1.26. The number of carbonyl (C=O) groups excluding carboxylic acids is 2. The number of aliphatic hydroxyl groups excluding tert-OH is 2. The maximum atomic E-state index is 10.3. The highest BCUT2D eigenvalue weighted by atomic mass is 16.6. The van der Waals surface area contributed by atoms with Crippen molar-refractivity contribution < 1.29 is 29.3 Å². The van der Waals surface area contributed by atoms with Gasteiger partial charge in [-0.05, 0) is 0 Å². The van der Waals surface area contributed by atoms with Gasteiger partial charge in [0.15, 0.2) is 0 Å². The molecule has 0 heterocycles. The van der Waals surface area contributed by atoms with Crippen molar-refractivity contribution in [2.75, 3.05) is 0 Å². The number of rotatable bonds is 5. The van der Waals surface area contributed by atoms with Gasteiger partial charge in [0, 0.05) is 26.7 Å². The fourth-order valence-electron chi connectivity index (χ4n) is 0.786. The van der Waals surface area contributed by atoms with Gasteiger partial charge in [-0.3, -0.25) is 9.59 Å². The Bertz CT molecular complexity index is 180. The van der Waals surface area contributed by atoms with E-state index in [0.29, 0.717) is 0 Å². The molecule has 0 aromatic heterocycles. The quantitative estimate of drug-likeness (QED) is 0.466. The fraction of sp³-hybridized carbons (Fsp3) is 0.750. The van der Waals surface area contributed by atoms with E-state index in [0.717, 1.165) is 13.8 Å². The minimum absolute atomic E-state index is 0.00796. The molecule has 0 rings (SSSR count). The Morgan fingerprint density at radius 2 is 1.29 bits per heavy atom. The van der Waals surface area contributed by atoms with Gasteiger partial charge in [0.2, 0.25) is 12.6 Å². The first-order valence-corrected chi connectivity index (χ1v) is 4.12. The summed E-state index contributed by atoms with van der Waals surface area (Å²) < 4.78 is 8.74. The molecule has 2 atom stereocenters.